The molecule has 5 aliphatic rings. The zero-order valence-corrected chi connectivity index (χ0v) is 56.7. The molecule has 3 unspecified atom stereocenters. The number of benzene rings is 4. The summed E-state index contributed by atoms with van der Waals surface area (Å²) in [5, 5.41) is 70.3. The summed E-state index contributed by atoms with van der Waals surface area (Å²) in [7, 11) is 0. The molecule has 10 rings (SSSR count). The minimum Gasteiger partial charge on any atom is -0.508 e. The number of unbranched alkanes of at least 4 members (excludes halogenated alkanes) is 1. The largest absolute Gasteiger partial charge is 0.508 e. The van der Waals surface area contributed by atoms with Gasteiger partial charge in [0.15, 0.2) is 5.60 Å². The molecule has 36 heteroatoms. The summed E-state index contributed by atoms with van der Waals surface area (Å²) in [5.74, 6) is -17.4. The number of carboxylic acids is 3. The number of phenolic OH excluding ortho intramolecular Hbond substituents is 2. The van der Waals surface area contributed by atoms with Crippen molar-refractivity contribution in [1.29, 1.82) is 5.26 Å². The number of rotatable bonds is 31. The highest BCUT2D eigenvalue weighted by molar-refractivity contribution is 8.00. The Morgan fingerprint density at radius 3 is 2.03 bits per heavy atom. The summed E-state index contributed by atoms with van der Waals surface area (Å²) in [6, 6.07) is 11.7. The molecule has 12 N–H and O–H groups in total. The number of likely N-dealkylation sites (tertiary alicyclic amines) is 1. The maximum Gasteiger partial charge on any atom is 0.340 e. The van der Waals surface area contributed by atoms with Gasteiger partial charge < -0.3 is 81.9 Å². The second kappa shape index (κ2) is 32.8. The van der Waals surface area contributed by atoms with Gasteiger partial charge in [0.25, 0.3) is 11.8 Å². The van der Waals surface area contributed by atoms with E-state index in [2.05, 4.69) is 36.5 Å². The smallest absolute Gasteiger partial charge is 0.340 e. The molecule has 0 bridgehead atoms. The lowest BCUT2D eigenvalue weighted by molar-refractivity contribution is -0.143. The third-order valence-corrected chi connectivity index (χ3v) is 19.4. The highest BCUT2D eigenvalue weighted by Gasteiger charge is 2.55. The Morgan fingerprint density at radius 1 is 0.743 bits per heavy atom. The van der Waals surface area contributed by atoms with E-state index in [1.807, 2.05) is 0 Å². The Hall–Kier alpha value is -11.6. The zero-order chi connectivity index (χ0) is 75.6. The number of anilines is 1. The van der Waals surface area contributed by atoms with Crippen molar-refractivity contribution < 1.29 is 111 Å². The molecule has 6 heterocycles. The Labute approximate surface area is 599 Å². The number of imide groups is 1. The Bertz CT molecular complexity index is 4310. The van der Waals surface area contributed by atoms with Gasteiger partial charge in [-0.05, 0) is 92.9 Å². The third-order valence-electron chi connectivity index (χ3n) is 18.1. The van der Waals surface area contributed by atoms with Gasteiger partial charge in [-0.25, -0.2) is 23.3 Å². The lowest BCUT2D eigenvalue weighted by atomic mass is 9.77. The normalized spacial score (nSPS) is 18.0. The van der Waals surface area contributed by atoms with Gasteiger partial charge in [0.05, 0.1) is 66.2 Å². The van der Waals surface area contributed by atoms with Gasteiger partial charge in [-0.1, -0.05) is 6.07 Å². The van der Waals surface area contributed by atoms with Crippen LogP contribution in [-0.4, -0.2) is 228 Å². The van der Waals surface area contributed by atoms with E-state index in [9.17, 15) is 102 Å². The van der Waals surface area contributed by atoms with Crippen molar-refractivity contribution in [2.45, 2.75) is 111 Å². The molecule has 6 atom stereocenters. The fraction of sp³-hybridized carbons (Fsp3) is 0.406. The topological polar surface area (TPSA) is 487 Å². The van der Waals surface area contributed by atoms with Gasteiger partial charge in [0.2, 0.25) is 47.3 Å². The van der Waals surface area contributed by atoms with Crippen LogP contribution in [0, 0.1) is 11.3 Å². The van der Waals surface area contributed by atoms with E-state index >= 15 is 0 Å². The van der Waals surface area contributed by atoms with Gasteiger partial charge in [0.1, 0.15) is 59.0 Å². The molecule has 0 radical (unpaired) electrons. The van der Waals surface area contributed by atoms with Gasteiger partial charge in [0, 0.05) is 105 Å². The van der Waals surface area contributed by atoms with Gasteiger partial charge in [-0.15, -0.1) is 11.8 Å². The number of aromatic hydroxyl groups is 2. The fourth-order valence-corrected chi connectivity index (χ4v) is 14.0. The number of ether oxygens (including phenoxy) is 3. The molecule has 9 amide bonds. The minimum atomic E-state index is -3.22. The molecule has 1 aromatic heterocycles. The number of nitrogens with one attached hydrogen (secondary N) is 5. The second-order valence-electron chi connectivity index (χ2n) is 25.4. The number of aliphatic carboxylic acids is 3. The van der Waals surface area contributed by atoms with Crippen LogP contribution in [0.15, 0.2) is 85.1 Å². The van der Waals surface area contributed by atoms with E-state index in [0.29, 0.717) is 65.6 Å². The number of nitriles is 1. The fourth-order valence-electron chi connectivity index (χ4n) is 12.9. The number of amides is 9. The predicted octanol–water partition coefficient (Wildman–Crippen LogP) is 1.56. The van der Waals surface area contributed by atoms with E-state index < -0.39 is 175 Å². The van der Waals surface area contributed by atoms with Crippen LogP contribution in [-0.2, 0) is 63.1 Å². The van der Waals surface area contributed by atoms with Crippen LogP contribution in [0.25, 0.3) is 10.9 Å². The molecular weight excluding hydrogens is 1400 g/mol. The number of carboxylic acid groups (broad SMARTS) is 3. The number of piperazine rings is 1. The number of carbonyl (C=O) groups is 13. The van der Waals surface area contributed by atoms with Crippen LogP contribution in [0.1, 0.15) is 102 Å². The highest BCUT2D eigenvalue weighted by atomic mass is 32.2. The number of alkyl halides is 2. The van der Waals surface area contributed by atoms with Crippen LogP contribution < -0.4 is 46.7 Å². The van der Waals surface area contributed by atoms with E-state index in [1.165, 1.54) is 71.8 Å². The van der Waals surface area contributed by atoms with Crippen LogP contribution in [0.4, 0.5) is 14.5 Å². The number of hydrogen-bond acceptors (Lipinski definition) is 23. The number of carbonyl (C=O) groups excluding carboxylic acids is 10. The van der Waals surface area contributed by atoms with Crippen LogP contribution in [0.2, 0.25) is 0 Å². The number of thioether (sulfide) groups is 1. The summed E-state index contributed by atoms with van der Waals surface area (Å²) in [6.45, 7) is 0.846. The molecule has 554 valence electrons. The molecule has 33 nitrogen and oxygen atoms in total. The van der Waals surface area contributed by atoms with E-state index in [0.717, 1.165) is 9.80 Å². The lowest BCUT2D eigenvalue weighted by Gasteiger charge is -2.36. The molecular formula is C69H72F2N12O21S. The predicted molar refractivity (Wildman–Crippen MR) is 361 cm³/mol. The summed E-state index contributed by atoms with van der Waals surface area (Å²) in [5.41, 5.74) is 5.38. The molecule has 5 aliphatic heterocycles. The average Bonchev–Trinajstić information content (AvgIpc) is 1.59. The second-order valence-corrected chi connectivity index (χ2v) is 26.6. The first-order chi connectivity index (χ1) is 50.1. The Balaban J connectivity index is 0.681. The highest BCUT2D eigenvalue weighted by Crippen LogP contribution is 2.57. The standard InChI is InChI=1S/C69H72F2N12O21S/c70-68(71)31-37(32-73)82(35-68)58(89)33-75-61(94)41-15-17-74-47-12-8-40(27-42(41)47)102-23-3-18-80-19-21-81(22-20-80)56(87)14-13-55(86)76-49(28-59(90)91)63(96)77-48(4-1-2-16-72)62(95)78-50(29-60(92)93)64(97)79-51(66(99)100)34-105-54-30-57(88)83(65(54)98)36-5-9-44-43(24-36)67(101)104-69(44)45-10-6-38(84)25-52(45)103-53-26-39(85)7-11-46(53)69/h5-12,15,17,24-27,37,48-51,54,84-85H,1-4,13-14,16,18-23,28-31,33-35,72H2,(H,75,94)(H,76,86)(H,77,96)(H,78,95)(H,79,97)(H,90,91)(H,92,93)(H,99,100)/t37-,48?,49-,50-,51?,54?/m0/s1. The number of esters is 1. The van der Waals surface area contributed by atoms with Crippen LogP contribution in [0.3, 0.4) is 0 Å². The maximum absolute atomic E-state index is 14.0. The van der Waals surface area contributed by atoms with Gasteiger partial charge in [-0.3, -0.25) is 62.6 Å². The lowest BCUT2D eigenvalue weighted by Crippen LogP contribution is -2.58. The maximum atomic E-state index is 14.0. The van der Waals surface area contributed by atoms with Crippen LogP contribution in [0.5, 0.6) is 28.7 Å². The van der Waals surface area contributed by atoms with Crippen molar-refractivity contribution >= 4 is 105 Å². The summed E-state index contributed by atoms with van der Waals surface area (Å²) in [6.07, 6.45) is -2.11. The van der Waals surface area contributed by atoms with E-state index in [4.69, 9.17) is 19.9 Å². The number of nitrogens with zero attached hydrogens (tertiary/aromatic N) is 6. The van der Waals surface area contributed by atoms with Crippen molar-refractivity contribution in [3.8, 4) is 34.8 Å². The van der Waals surface area contributed by atoms with Crippen molar-refractivity contribution in [3.63, 3.8) is 0 Å². The van der Waals surface area contributed by atoms with Crippen molar-refractivity contribution in [1.82, 2.24) is 46.3 Å². The molecule has 0 aliphatic carbocycles. The number of phenols is 2. The van der Waals surface area contributed by atoms with Gasteiger partial charge in [-0.2, -0.15) is 5.26 Å². The average molecular weight is 1480 g/mol. The number of nitrogens with two attached hydrogens (primary N) is 1. The summed E-state index contributed by atoms with van der Waals surface area (Å²) < 4.78 is 45.9. The van der Waals surface area contributed by atoms with Crippen molar-refractivity contribution in [2.24, 2.45) is 5.73 Å². The van der Waals surface area contributed by atoms with Gasteiger partial charge >= 0.3 is 23.9 Å². The first kappa shape index (κ1) is 76.1. The van der Waals surface area contributed by atoms with Crippen molar-refractivity contribution in [2.75, 3.05) is 69.6 Å². The summed E-state index contributed by atoms with van der Waals surface area (Å²) >= 11 is 0.657. The molecule has 3 fully saturated rings. The zero-order valence-electron chi connectivity index (χ0n) is 55.9. The first-order valence-electron chi connectivity index (χ1n) is 33.2. The number of halogens is 2. The number of aromatic nitrogens is 1. The molecule has 1 spiro atoms. The number of pyridine rings is 1. The third kappa shape index (κ3) is 17.7. The quantitative estimate of drug-likeness (QED) is 0.0170. The molecule has 3 saturated heterocycles. The first-order valence-corrected chi connectivity index (χ1v) is 34.3. The number of fused-ring (bicyclic) bond motifs is 7. The molecule has 105 heavy (non-hydrogen) atoms. The molecule has 5 aromatic rings. The SMILES string of the molecule is N#C[C@@H]1CC(F)(F)CN1C(=O)CNC(=O)c1ccnc2ccc(OCCCN3CCN(C(=O)CCC(=O)N[C@@H](CC(=O)O)C(=O)NC(CCCCN)C(=O)N[C@@H](CC(=O)O)C(=O)NC(CSC4CC(=O)N(c5ccc6c(c5)C(=O)OC65c6ccc(O)cc6Oc6cc(O)ccc65)C4=O)C(=O)O)CC3)cc12. The Kier molecular flexibility index (Phi) is 23.8. The number of hydrogen-bond donors (Lipinski definition) is 11. The summed E-state index contributed by atoms with van der Waals surface area (Å²) in [4.78, 5) is 182. The Morgan fingerprint density at radius 2 is 1.38 bits per heavy atom. The van der Waals surface area contributed by atoms with Crippen molar-refractivity contribution in [3.05, 3.63) is 113 Å². The van der Waals surface area contributed by atoms with Crippen LogP contribution >= 0.6 is 11.8 Å². The van der Waals surface area contributed by atoms with E-state index in [-0.39, 0.29) is 97.3 Å². The van der Waals surface area contributed by atoms with E-state index in [1.54, 1.807) is 24.3 Å². The minimum absolute atomic E-state index is 0.0506. The molecule has 0 saturated carbocycles. The molecule has 4 aromatic carbocycles. The monoisotopic (exact) mass is 1470 g/mol.